The lowest BCUT2D eigenvalue weighted by Gasteiger charge is -2.28. The maximum atomic E-state index is 12.8. The predicted octanol–water partition coefficient (Wildman–Crippen LogP) is 3.91. The van der Waals surface area contributed by atoms with Crippen molar-refractivity contribution in [3.8, 4) is 6.07 Å². The lowest BCUT2D eigenvalue weighted by molar-refractivity contribution is -0.131. The zero-order valence-corrected chi connectivity index (χ0v) is 16.3. The molecule has 1 aliphatic carbocycles. The molecule has 0 bridgehead atoms. The van der Waals surface area contributed by atoms with Gasteiger partial charge in [-0.05, 0) is 74.6 Å². The summed E-state index contributed by atoms with van der Waals surface area (Å²) in [7, 11) is 0. The van der Waals surface area contributed by atoms with Crippen molar-refractivity contribution in [3.05, 3.63) is 54.1 Å². The Morgan fingerprint density at radius 2 is 1.55 bits per heavy atom. The summed E-state index contributed by atoms with van der Waals surface area (Å²) in [4.78, 5) is 27.9. The molecule has 2 aliphatic rings. The molecule has 2 amide bonds. The van der Waals surface area contributed by atoms with E-state index in [-0.39, 0.29) is 11.8 Å². The zero-order valence-electron chi connectivity index (χ0n) is 16.3. The standard InChI is InChI=1S/C23H24N4O2/c24-16-17-5-4-6-19(15-17)26-22(29)23(11-12-23)21(28)25-18-7-9-20(10-8-18)27-13-2-1-3-14-27/h4-10,15H,1-3,11-14H2,(H,25,28)(H,26,29). The Morgan fingerprint density at radius 3 is 2.17 bits per heavy atom. The van der Waals surface area contributed by atoms with E-state index in [9.17, 15) is 9.59 Å². The van der Waals surface area contributed by atoms with Crippen molar-refractivity contribution in [2.24, 2.45) is 5.41 Å². The second-order valence-electron chi connectivity index (χ2n) is 7.78. The molecule has 1 saturated carbocycles. The molecular formula is C23H24N4O2. The molecule has 6 nitrogen and oxygen atoms in total. The van der Waals surface area contributed by atoms with Gasteiger partial charge in [-0.25, -0.2) is 0 Å². The SMILES string of the molecule is N#Cc1cccc(NC(=O)C2(C(=O)Nc3ccc(N4CCCCC4)cc3)CC2)c1. The van der Waals surface area contributed by atoms with E-state index in [1.807, 2.05) is 30.3 Å². The van der Waals surface area contributed by atoms with Gasteiger partial charge in [0.05, 0.1) is 11.6 Å². The van der Waals surface area contributed by atoms with Crippen molar-refractivity contribution in [3.63, 3.8) is 0 Å². The number of carbonyl (C=O) groups is 2. The van der Waals surface area contributed by atoms with Crippen LogP contribution >= 0.6 is 0 Å². The number of hydrogen-bond acceptors (Lipinski definition) is 4. The topological polar surface area (TPSA) is 85.2 Å². The van der Waals surface area contributed by atoms with Crippen molar-refractivity contribution >= 4 is 28.9 Å². The molecule has 0 aromatic heterocycles. The van der Waals surface area contributed by atoms with Crippen LogP contribution in [0.1, 0.15) is 37.7 Å². The van der Waals surface area contributed by atoms with Crippen LogP contribution in [-0.4, -0.2) is 24.9 Å². The van der Waals surface area contributed by atoms with Crippen LogP contribution in [0.4, 0.5) is 17.1 Å². The van der Waals surface area contributed by atoms with Crippen LogP contribution in [0.3, 0.4) is 0 Å². The normalized spacial score (nSPS) is 17.1. The number of nitriles is 1. The number of rotatable bonds is 5. The van der Waals surface area contributed by atoms with E-state index in [1.165, 1.54) is 24.9 Å². The van der Waals surface area contributed by atoms with E-state index in [4.69, 9.17) is 5.26 Å². The van der Waals surface area contributed by atoms with Gasteiger partial charge in [-0.1, -0.05) is 6.07 Å². The highest BCUT2D eigenvalue weighted by molar-refractivity contribution is 6.16. The summed E-state index contributed by atoms with van der Waals surface area (Å²) in [6.45, 7) is 2.14. The van der Waals surface area contributed by atoms with Gasteiger partial charge in [0.1, 0.15) is 5.41 Å². The predicted molar refractivity (Wildman–Crippen MR) is 113 cm³/mol. The van der Waals surface area contributed by atoms with E-state index in [0.29, 0.717) is 29.8 Å². The van der Waals surface area contributed by atoms with Gasteiger partial charge in [-0.3, -0.25) is 9.59 Å². The molecule has 2 aromatic rings. The van der Waals surface area contributed by atoms with Crippen molar-refractivity contribution < 1.29 is 9.59 Å². The van der Waals surface area contributed by atoms with Crippen LogP contribution in [0.2, 0.25) is 0 Å². The Kier molecular flexibility index (Phi) is 5.22. The minimum absolute atomic E-state index is 0.280. The molecule has 0 atom stereocenters. The number of piperidine rings is 1. The molecule has 6 heteroatoms. The van der Waals surface area contributed by atoms with Crippen molar-refractivity contribution in [2.45, 2.75) is 32.1 Å². The number of carbonyl (C=O) groups excluding carboxylic acids is 2. The average Bonchev–Trinajstić information content (AvgIpc) is 3.57. The number of benzene rings is 2. The summed E-state index contributed by atoms with van der Waals surface area (Å²) < 4.78 is 0. The van der Waals surface area contributed by atoms with Crippen LogP contribution in [-0.2, 0) is 9.59 Å². The molecule has 2 N–H and O–H groups in total. The molecule has 4 rings (SSSR count). The Bertz CT molecular complexity index is 952. The first-order valence-corrected chi connectivity index (χ1v) is 10.1. The number of nitrogens with zero attached hydrogens (tertiary/aromatic N) is 2. The van der Waals surface area contributed by atoms with Gasteiger partial charge in [0.2, 0.25) is 11.8 Å². The first-order valence-electron chi connectivity index (χ1n) is 10.1. The van der Waals surface area contributed by atoms with E-state index in [0.717, 1.165) is 13.1 Å². The summed E-state index contributed by atoms with van der Waals surface area (Å²) in [6, 6.07) is 16.6. The third-order valence-electron chi connectivity index (χ3n) is 5.72. The lowest BCUT2D eigenvalue weighted by Crippen LogP contribution is -2.35. The molecule has 148 valence electrons. The molecule has 1 heterocycles. The largest absolute Gasteiger partial charge is 0.372 e. The van der Waals surface area contributed by atoms with Crippen molar-refractivity contribution in [2.75, 3.05) is 28.6 Å². The van der Waals surface area contributed by atoms with E-state index >= 15 is 0 Å². The van der Waals surface area contributed by atoms with Gasteiger partial charge in [0.15, 0.2) is 0 Å². The Morgan fingerprint density at radius 1 is 0.897 bits per heavy atom. The first kappa shape index (κ1) is 19.0. The fourth-order valence-corrected chi connectivity index (χ4v) is 3.76. The highest BCUT2D eigenvalue weighted by atomic mass is 16.2. The summed E-state index contributed by atoms with van der Waals surface area (Å²) in [6.07, 6.45) is 4.76. The summed E-state index contributed by atoms with van der Waals surface area (Å²) >= 11 is 0. The zero-order chi connectivity index (χ0) is 20.3. The monoisotopic (exact) mass is 388 g/mol. The summed E-state index contributed by atoms with van der Waals surface area (Å²) in [5, 5.41) is 14.7. The quantitative estimate of drug-likeness (QED) is 0.761. The minimum atomic E-state index is -1.03. The number of amides is 2. The summed E-state index contributed by atoms with van der Waals surface area (Å²) in [5.41, 5.74) is 1.82. The highest BCUT2D eigenvalue weighted by Crippen LogP contribution is 2.47. The van der Waals surface area contributed by atoms with Gasteiger partial charge in [-0.15, -0.1) is 0 Å². The molecule has 2 aromatic carbocycles. The molecule has 1 aliphatic heterocycles. The lowest BCUT2D eigenvalue weighted by atomic mass is 10.0. The van der Waals surface area contributed by atoms with E-state index < -0.39 is 5.41 Å². The second-order valence-corrected chi connectivity index (χ2v) is 7.78. The number of nitrogens with one attached hydrogen (secondary N) is 2. The van der Waals surface area contributed by atoms with Crippen LogP contribution < -0.4 is 15.5 Å². The Hall–Kier alpha value is -3.33. The molecule has 2 fully saturated rings. The van der Waals surface area contributed by atoms with E-state index in [1.54, 1.807) is 24.3 Å². The molecular weight excluding hydrogens is 364 g/mol. The Labute approximate surface area is 170 Å². The van der Waals surface area contributed by atoms with Crippen LogP contribution in [0, 0.1) is 16.7 Å². The molecule has 0 radical (unpaired) electrons. The fraction of sp³-hybridized carbons (Fsp3) is 0.348. The van der Waals surface area contributed by atoms with Crippen molar-refractivity contribution in [1.29, 1.82) is 5.26 Å². The highest BCUT2D eigenvalue weighted by Gasteiger charge is 2.56. The van der Waals surface area contributed by atoms with Gasteiger partial charge >= 0.3 is 0 Å². The maximum absolute atomic E-state index is 12.8. The van der Waals surface area contributed by atoms with E-state index in [2.05, 4.69) is 15.5 Å². The van der Waals surface area contributed by atoms with Crippen LogP contribution in [0.15, 0.2) is 48.5 Å². The van der Waals surface area contributed by atoms with Gasteiger partial charge in [-0.2, -0.15) is 5.26 Å². The third-order valence-corrected chi connectivity index (χ3v) is 5.72. The van der Waals surface area contributed by atoms with Gasteiger partial charge < -0.3 is 15.5 Å². The molecule has 0 spiro atoms. The van der Waals surface area contributed by atoms with Crippen LogP contribution in [0.25, 0.3) is 0 Å². The summed E-state index contributed by atoms with van der Waals surface area (Å²) in [5.74, 6) is -0.604. The minimum Gasteiger partial charge on any atom is -0.372 e. The molecule has 29 heavy (non-hydrogen) atoms. The number of hydrogen-bond donors (Lipinski definition) is 2. The smallest absolute Gasteiger partial charge is 0.240 e. The van der Waals surface area contributed by atoms with Gasteiger partial charge in [0.25, 0.3) is 0 Å². The third kappa shape index (κ3) is 4.09. The first-order chi connectivity index (χ1) is 14.1. The average molecular weight is 388 g/mol. The number of anilines is 3. The molecule has 0 unspecified atom stereocenters. The van der Waals surface area contributed by atoms with Crippen LogP contribution in [0.5, 0.6) is 0 Å². The van der Waals surface area contributed by atoms with Gasteiger partial charge in [0, 0.05) is 30.2 Å². The Balaban J connectivity index is 1.39. The fourth-order valence-electron chi connectivity index (χ4n) is 3.76. The molecule has 1 saturated heterocycles. The second kappa shape index (κ2) is 7.96. The van der Waals surface area contributed by atoms with Crippen molar-refractivity contribution in [1.82, 2.24) is 0 Å². The maximum Gasteiger partial charge on any atom is 0.240 e.